The van der Waals surface area contributed by atoms with Crippen LogP contribution in [-0.4, -0.2) is 40.0 Å². The van der Waals surface area contributed by atoms with Gasteiger partial charge in [0.15, 0.2) is 0 Å². The molecule has 0 N–H and O–H groups in total. The van der Waals surface area contributed by atoms with Crippen LogP contribution in [0.15, 0.2) is 0 Å². The Morgan fingerprint density at radius 2 is 1.77 bits per heavy atom. The average molecular weight is 363 g/mol. The molecule has 3 atom stereocenters. The van der Waals surface area contributed by atoms with Crippen LogP contribution in [0.2, 0.25) is 0 Å². The van der Waals surface area contributed by atoms with Crippen molar-refractivity contribution in [2.75, 3.05) is 6.61 Å². The maximum atomic E-state index is 8.77. The number of hydrogen-bond acceptors (Lipinski definition) is 6. The van der Waals surface area contributed by atoms with Crippen LogP contribution in [-0.2, 0) is 9.05 Å². The van der Waals surface area contributed by atoms with Crippen LogP contribution in [0.3, 0.4) is 0 Å². The molecular weight excluding hydrogens is 335 g/mol. The quantitative estimate of drug-likeness (QED) is 0.345. The van der Waals surface area contributed by atoms with Gasteiger partial charge in [0.25, 0.3) is 8.53 Å². The van der Waals surface area contributed by atoms with Crippen molar-refractivity contribution >= 4 is 30.1 Å². The van der Waals surface area contributed by atoms with Crippen LogP contribution in [0.5, 0.6) is 0 Å². The zero-order chi connectivity index (χ0) is 16.1. The summed E-state index contributed by atoms with van der Waals surface area (Å²) in [4.78, 5) is 0. The lowest BCUT2D eigenvalue weighted by Gasteiger charge is -2.39. The monoisotopic (exact) mass is 362 g/mol. The van der Waals surface area contributed by atoms with Gasteiger partial charge < -0.3 is 9.05 Å². The molecule has 1 saturated carbocycles. The van der Waals surface area contributed by atoms with Gasteiger partial charge in [-0.25, -0.2) is 4.67 Å². The Morgan fingerprint density at radius 3 is 2.27 bits per heavy atom. The predicted molar refractivity (Wildman–Crippen MR) is 96.7 cm³/mol. The lowest BCUT2D eigenvalue weighted by Crippen LogP contribution is -2.39. The molecule has 1 aliphatic heterocycles. The van der Waals surface area contributed by atoms with Gasteiger partial charge in [-0.1, -0.05) is 28.0 Å². The first-order valence-corrected chi connectivity index (χ1v) is 11.5. The number of rotatable bonds is 8. The van der Waals surface area contributed by atoms with Gasteiger partial charge in [-0.05, 0) is 40.5 Å². The molecule has 4 nitrogen and oxygen atoms in total. The Bertz CT molecular complexity index is 368. The van der Waals surface area contributed by atoms with Crippen LogP contribution in [0, 0.1) is 11.3 Å². The first-order chi connectivity index (χ1) is 10.5. The van der Waals surface area contributed by atoms with E-state index >= 15 is 0 Å². The largest absolute Gasteiger partial charge is 0.321 e. The second kappa shape index (κ2) is 9.11. The van der Waals surface area contributed by atoms with Gasteiger partial charge in [-0.2, -0.15) is 5.26 Å². The fourth-order valence-electron chi connectivity index (χ4n) is 2.97. The van der Waals surface area contributed by atoms with Gasteiger partial charge in [0.05, 0.1) is 25.2 Å². The highest BCUT2D eigenvalue weighted by Gasteiger charge is 2.44. The van der Waals surface area contributed by atoms with Crippen molar-refractivity contribution in [1.29, 1.82) is 5.26 Å². The highest BCUT2D eigenvalue weighted by Crippen LogP contribution is 2.57. The summed E-state index contributed by atoms with van der Waals surface area (Å²) < 4.78 is 14.9. The normalized spacial score (nSPS) is 29.3. The second-order valence-corrected chi connectivity index (χ2v) is 10.5. The van der Waals surface area contributed by atoms with Crippen molar-refractivity contribution in [2.45, 2.75) is 82.1 Å². The van der Waals surface area contributed by atoms with Crippen LogP contribution < -0.4 is 0 Å². The van der Waals surface area contributed by atoms with Crippen molar-refractivity contribution in [3.05, 3.63) is 0 Å². The molecule has 0 aromatic heterocycles. The van der Waals surface area contributed by atoms with E-state index in [0.717, 1.165) is 0 Å². The van der Waals surface area contributed by atoms with Gasteiger partial charge in [0.1, 0.15) is 0 Å². The molecule has 2 rings (SSSR count). The predicted octanol–water partition coefficient (Wildman–Crippen LogP) is 4.96. The molecular formula is C15H27N2O2PS2. The molecule has 2 bridgehead atoms. The first-order valence-electron chi connectivity index (χ1n) is 8.11. The smallest absolute Gasteiger partial charge is 0.259 e. The van der Waals surface area contributed by atoms with Crippen molar-refractivity contribution in [2.24, 2.45) is 0 Å². The minimum absolute atomic E-state index is 0.303. The zero-order valence-corrected chi connectivity index (χ0v) is 16.4. The maximum absolute atomic E-state index is 8.77. The number of nitriles is 1. The summed E-state index contributed by atoms with van der Waals surface area (Å²) >= 11 is 0. The van der Waals surface area contributed by atoms with Gasteiger partial charge >= 0.3 is 0 Å². The first kappa shape index (κ1) is 18.8. The molecule has 7 heteroatoms. The van der Waals surface area contributed by atoms with Crippen molar-refractivity contribution in [3.63, 3.8) is 0 Å². The molecule has 1 heterocycles. The molecule has 0 radical (unpaired) electrons. The number of hydrogen-bond donors (Lipinski definition) is 0. The van der Waals surface area contributed by atoms with Gasteiger partial charge in [0, 0.05) is 22.6 Å². The summed E-state index contributed by atoms with van der Waals surface area (Å²) in [5.74, 6) is 0. The Hall–Kier alpha value is 0.500. The fourth-order valence-corrected chi connectivity index (χ4v) is 8.65. The Morgan fingerprint density at radius 1 is 1.18 bits per heavy atom. The van der Waals surface area contributed by atoms with E-state index in [0.29, 0.717) is 41.7 Å². The van der Waals surface area contributed by atoms with Crippen LogP contribution in [0.1, 0.15) is 53.4 Å². The molecule has 1 aliphatic carbocycles. The standard InChI is InChI=1S/C15H27N2O2PS2/c1-11(2)17(12(3)4)20(18-10-6-9-16)19-15-13-7-5-8-14(15)22-21-13/h11-15H,5-8,10H2,1-4H3. The van der Waals surface area contributed by atoms with E-state index in [2.05, 4.69) is 38.4 Å². The van der Waals surface area contributed by atoms with E-state index in [1.807, 2.05) is 21.6 Å². The molecule has 0 spiro atoms. The molecule has 126 valence electrons. The molecule has 3 unspecified atom stereocenters. The van der Waals surface area contributed by atoms with E-state index < -0.39 is 8.53 Å². The summed E-state index contributed by atoms with van der Waals surface area (Å²) in [5, 5.41) is 9.98. The number of fused-ring (bicyclic) bond motifs is 2. The average Bonchev–Trinajstić information content (AvgIpc) is 2.68. The SMILES string of the molecule is CC(C)N(C(C)C)P(OCCC#N)OC1C2CCCC1SS2. The molecule has 2 aliphatic rings. The van der Waals surface area contributed by atoms with Gasteiger partial charge in [-0.15, -0.1) is 0 Å². The molecule has 2 fully saturated rings. The van der Waals surface area contributed by atoms with Crippen LogP contribution in [0.4, 0.5) is 0 Å². The number of nitrogens with zero attached hydrogens (tertiary/aromatic N) is 2. The van der Waals surface area contributed by atoms with Crippen LogP contribution >= 0.6 is 30.1 Å². The maximum Gasteiger partial charge on any atom is 0.259 e. The highest BCUT2D eigenvalue weighted by molar-refractivity contribution is 8.77. The minimum Gasteiger partial charge on any atom is -0.321 e. The summed E-state index contributed by atoms with van der Waals surface area (Å²) in [6.07, 6.45) is 4.55. The van der Waals surface area contributed by atoms with Crippen molar-refractivity contribution in [1.82, 2.24) is 4.67 Å². The summed E-state index contributed by atoms with van der Waals surface area (Å²) in [5.41, 5.74) is 0. The third-order valence-corrected chi connectivity index (χ3v) is 9.45. The minimum atomic E-state index is -1.10. The Balaban J connectivity index is 2.04. The summed E-state index contributed by atoms with van der Waals surface area (Å²) in [6.45, 7) is 9.20. The highest BCUT2D eigenvalue weighted by atomic mass is 33.1. The second-order valence-electron chi connectivity index (χ2n) is 6.32. The van der Waals surface area contributed by atoms with Crippen molar-refractivity contribution in [3.8, 4) is 6.07 Å². The third-order valence-electron chi connectivity index (χ3n) is 3.89. The topological polar surface area (TPSA) is 45.5 Å². The van der Waals surface area contributed by atoms with E-state index in [1.165, 1.54) is 19.3 Å². The molecule has 1 saturated heterocycles. The Kier molecular flexibility index (Phi) is 7.80. The van der Waals surface area contributed by atoms with E-state index in [9.17, 15) is 0 Å². The lowest BCUT2D eigenvalue weighted by molar-refractivity contribution is 0.118. The molecule has 0 aromatic carbocycles. The Labute approximate surface area is 144 Å². The van der Waals surface area contributed by atoms with Crippen molar-refractivity contribution < 1.29 is 9.05 Å². The van der Waals surface area contributed by atoms with Gasteiger partial charge in [0.2, 0.25) is 0 Å². The van der Waals surface area contributed by atoms with Crippen LogP contribution in [0.25, 0.3) is 0 Å². The molecule has 0 amide bonds. The van der Waals surface area contributed by atoms with E-state index in [-0.39, 0.29) is 0 Å². The lowest BCUT2D eigenvalue weighted by atomic mass is 9.97. The summed E-state index contributed by atoms with van der Waals surface area (Å²) in [6, 6.07) is 2.90. The molecule has 0 aromatic rings. The third kappa shape index (κ3) is 4.75. The van der Waals surface area contributed by atoms with Gasteiger partial charge in [-0.3, -0.25) is 0 Å². The summed E-state index contributed by atoms with van der Waals surface area (Å²) in [7, 11) is 2.90. The fraction of sp³-hybridized carbons (Fsp3) is 0.933. The zero-order valence-electron chi connectivity index (χ0n) is 13.9. The van der Waals surface area contributed by atoms with E-state index in [1.54, 1.807) is 0 Å². The van der Waals surface area contributed by atoms with E-state index in [4.69, 9.17) is 14.3 Å². The molecule has 22 heavy (non-hydrogen) atoms.